The SMILES string of the molecule is O=C(OC1NCCc2c1n(Cc1ccccc1)c1ccccc21)C(F)(F)F. The van der Waals surface area contributed by atoms with Crippen LogP contribution in [0.25, 0.3) is 10.9 Å². The summed E-state index contributed by atoms with van der Waals surface area (Å²) in [5.74, 6) is -2.19. The van der Waals surface area contributed by atoms with Crippen molar-refractivity contribution in [2.24, 2.45) is 0 Å². The molecule has 2 aromatic carbocycles. The fourth-order valence-electron chi connectivity index (χ4n) is 3.59. The van der Waals surface area contributed by atoms with Crippen molar-refractivity contribution >= 4 is 16.9 Å². The molecule has 0 fully saturated rings. The third kappa shape index (κ3) is 3.30. The van der Waals surface area contributed by atoms with Gasteiger partial charge in [0.05, 0.1) is 5.69 Å². The Hall–Kier alpha value is -2.80. The predicted octanol–water partition coefficient (Wildman–Crippen LogP) is 3.94. The average Bonchev–Trinajstić information content (AvgIpc) is 2.97. The lowest BCUT2D eigenvalue weighted by atomic mass is 10.0. The van der Waals surface area contributed by atoms with Crippen LogP contribution in [0.4, 0.5) is 13.2 Å². The van der Waals surface area contributed by atoms with Gasteiger partial charge in [0.1, 0.15) is 0 Å². The first kappa shape index (κ1) is 17.6. The van der Waals surface area contributed by atoms with Crippen molar-refractivity contribution in [3.8, 4) is 0 Å². The second-order valence-electron chi connectivity index (χ2n) is 6.44. The lowest BCUT2D eigenvalue weighted by molar-refractivity contribution is -0.207. The molecule has 1 N–H and O–H groups in total. The monoisotopic (exact) mass is 374 g/mol. The van der Waals surface area contributed by atoms with E-state index in [0.717, 1.165) is 22.0 Å². The number of hydrogen-bond acceptors (Lipinski definition) is 3. The van der Waals surface area contributed by atoms with Gasteiger partial charge in [0.15, 0.2) is 6.23 Å². The minimum absolute atomic E-state index is 0.433. The van der Waals surface area contributed by atoms with Crippen LogP contribution in [-0.2, 0) is 22.5 Å². The molecular weight excluding hydrogens is 357 g/mol. The number of para-hydroxylation sites is 1. The van der Waals surface area contributed by atoms with E-state index in [1.807, 2.05) is 59.2 Å². The Bertz CT molecular complexity index is 980. The van der Waals surface area contributed by atoms with Gasteiger partial charge in [0.2, 0.25) is 0 Å². The van der Waals surface area contributed by atoms with Crippen LogP contribution in [-0.4, -0.2) is 23.3 Å². The maximum absolute atomic E-state index is 12.7. The number of hydrogen-bond donors (Lipinski definition) is 1. The largest absolute Gasteiger partial charge is 0.490 e. The van der Waals surface area contributed by atoms with E-state index in [1.165, 1.54) is 0 Å². The van der Waals surface area contributed by atoms with E-state index in [9.17, 15) is 18.0 Å². The standard InChI is InChI=1S/C20H17F3N2O2/c21-20(22,23)19(26)27-18-17-15(10-11-24-18)14-8-4-5-9-16(14)25(17)12-13-6-2-1-3-7-13/h1-9,18,24H,10-12H2. The molecule has 0 aliphatic carbocycles. The number of esters is 1. The summed E-state index contributed by atoms with van der Waals surface area (Å²) in [6, 6.07) is 17.3. The zero-order valence-corrected chi connectivity index (χ0v) is 14.3. The second kappa shape index (κ2) is 6.74. The molecular formula is C20H17F3N2O2. The Labute approximate surface area is 153 Å². The van der Waals surface area contributed by atoms with Gasteiger partial charge >= 0.3 is 12.1 Å². The van der Waals surface area contributed by atoms with Crippen LogP contribution in [0.2, 0.25) is 0 Å². The van der Waals surface area contributed by atoms with Crippen LogP contribution in [0.15, 0.2) is 54.6 Å². The first-order chi connectivity index (χ1) is 12.9. The number of ether oxygens (including phenoxy) is 1. The van der Waals surface area contributed by atoms with Crippen LogP contribution >= 0.6 is 0 Å². The van der Waals surface area contributed by atoms with E-state index in [2.05, 4.69) is 5.32 Å². The summed E-state index contributed by atoms with van der Waals surface area (Å²) < 4.78 is 44.9. The van der Waals surface area contributed by atoms with Gasteiger partial charge in [0, 0.05) is 24.0 Å². The highest BCUT2D eigenvalue weighted by Crippen LogP contribution is 2.35. The van der Waals surface area contributed by atoms with Crippen LogP contribution < -0.4 is 5.32 Å². The summed E-state index contributed by atoms with van der Waals surface area (Å²) in [7, 11) is 0. The highest BCUT2D eigenvalue weighted by molar-refractivity contribution is 5.86. The molecule has 0 saturated heterocycles. The topological polar surface area (TPSA) is 43.3 Å². The second-order valence-corrected chi connectivity index (χ2v) is 6.44. The average molecular weight is 374 g/mol. The Morgan fingerprint density at radius 2 is 1.81 bits per heavy atom. The van der Waals surface area contributed by atoms with Crippen LogP contribution in [0.3, 0.4) is 0 Å². The van der Waals surface area contributed by atoms with Crippen LogP contribution in [0.5, 0.6) is 0 Å². The van der Waals surface area contributed by atoms with Crippen molar-refractivity contribution < 1.29 is 22.7 Å². The summed E-state index contributed by atoms with van der Waals surface area (Å²) >= 11 is 0. The van der Waals surface area contributed by atoms with Gasteiger partial charge in [-0.25, -0.2) is 4.79 Å². The minimum Gasteiger partial charge on any atom is -0.434 e. The number of halogens is 3. The smallest absolute Gasteiger partial charge is 0.434 e. The number of benzene rings is 2. The van der Waals surface area contributed by atoms with Crippen molar-refractivity contribution in [2.75, 3.05) is 6.54 Å². The molecule has 1 unspecified atom stereocenters. The summed E-state index contributed by atoms with van der Waals surface area (Å²) in [6.45, 7) is 0.903. The fraction of sp³-hybridized carbons (Fsp3) is 0.250. The molecule has 0 bridgehead atoms. The van der Waals surface area contributed by atoms with Gasteiger partial charge in [0.25, 0.3) is 0 Å². The molecule has 0 spiro atoms. The number of fused-ring (bicyclic) bond motifs is 3. The van der Waals surface area contributed by atoms with E-state index < -0.39 is 18.4 Å². The molecule has 0 amide bonds. The van der Waals surface area contributed by atoms with Gasteiger partial charge < -0.3 is 9.30 Å². The molecule has 0 saturated carbocycles. The first-order valence-corrected chi connectivity index (χ1v) is 8.60. The Balaban J connectivity index is 1.82. The molecule has 7 heteroatoms. The summed E-state index contributed by atoms with van der Waals surface area (Å²) in [6.07, 6.45) is -5.52. The summed E-state index contributed by atoms with van der Waals surface area (Å²) in [5, 5.41) is 3.87. The number of rotatable bonds is 3. The molecule has 1 aliphatic rings. The van der Waals surface area contributed by atoms with E-state index in [4.69, 9.17) is 4.74 Å². The van der Waals surface area contributed by atoms with E-state index >= 15 is 0 Å². The third-order valence-corrected chi connectivity index (χ3v) is 4.71. The number of alkyl halides is 3. The van der Waals surface area contributed by atoms with E-state index in [1.54, 1.807) is 0 Å². The quantitative estimate of drug-likeness (QED) is 0.707. The van der Waals surface area contributed by atoms with Crippen molar-refractivity contribution in [3.05, 3.63) is 71.4 Å². The van der Waals surface area contributed by atoms with Crippen molar-refractivity contribution in [3.63, 3.8) is 0 Å². The number of carbonyl (C=O) groups is 1. The van der Waals surface area contributed by atoms with Gasteiger partial charge in [-0.3, -0.25) is 5.32 Å². The zero-order chi connectivity index (χ0) is 19.0. The molecule has 1 aromatic heterocycles. The normalized spacial score (nSPS) is 16.9. The van der Waals surface area contributed by atoms with Crippen LogP contribution in [0.1, 0.15) is 23.0 Å². The first-order valence-electron chi connectivity index (χ1n) is 8.60. The Morgan fingerprint density at radius 3 is 2.56 bits per heavy atom. The van der Waals surface area contributed by atoms with E-state index in [-0.39, 0.29) is 0 Å². The number of nitrogens with zero attached hydrogens (tertiary/aromatic N) is 1. The Kier molecular flexibility index (Phi) is 4.39. The maximum Gasteiger partial charge on any atom is 0.490 e. The van der Waals surface area contributed by atoms with Crippen molar-refractivity contribution in [2.45, 2.75) is 25.4 Å². The summed E-state index contributed by atoms with van der Waals surface area (Å²) in [5.41, 5.74) is 3.40. The Morgan fingerprint density at radius 1 is 1.11 bits per heavy atom. The highest BCUT2D eigenvalue weighted by atomic mass is 19.4. The van der Waals surface area contributed by atoms with Gasteiger partial charge in [-0.05, 0) is 23.6 Å². The molecule has 1 atom stereocenters. The third-order valence-electron chi connectivity index (χ3n) is 4.71. The number of aromatic nitrogens is 1. The summed E-state index contributed by atoms with van der Waals surface area (Å²) in [4.78, 5) is 11.4. The molecule has 4 rings (SSSR count). The lowest BCUT2D eigenvalue weighted by Gasteiger charge is -2.27. The lowest BCUT2D eigenvalue weighted by Crippen LogP contribution is -2.38. The van der Waals surface area contributed by atoms with Crippen molar-refractivity contribution in [1.29, 1.82) is 0 Å². The predicted molar refractivity (Wildman–Crippen MR) is 94.1 cm³/mol. The molecule has 3 aromatic rings. The molecule has 0 radical (unpaired) electrons. The molecule has 140 valence electrons. The van der Waals surface area contributed by atoms with Gasteiger partial charge in [-0.2, -0.15) is 13.2 Å². The molecule has 27 heavy (non-hydrogen) atoms. The zero-order valence-electron chi connectivity index (χ0n) is 14.3. The number of carbonyl (C=O) groups excluding carboxylic acids is 1. The molecule has 1 aliphatic heterocycles. The van der Waals surface area contributed by atoms with E-state index in [0.29, 0.717) is 25.2 Å². The molecule has 2 heterocycles. The van der Waals surface area contributed by atoms with Crippen LogP contribution in [0, 0.1) is 0 Å². The van der Waals surface area contributed by atoms with Crippen molar-refractivity contribution in [1.82, 2.24) is 9.88 Å². The maximum atomic E-state index is 12.7. The minimum atomic E-state index is -5.03. The van der Waals surface area contributed by atoms with Gasteiger partial charge in [-0.1, -0.05) is 48.5 Å². The fourth-order valence-corrected chi connectivity index (χ4v) is 3.59. The highest BCUT2D eigenvalue weighted by Gasteiger charge is 2.43. The molecule has 4 nitrogen and oxygen atoms in total. The van der Waals surface area contributed by atoms with Gasteiger partial charge in [-0.15, -0.1) is 0 Å². The number of nitrogens with one attached hydrogen (secondary N) is 1.